The van der Waals surface area contributed by atoms with Gasteiger partial charge in [0.15, 0.2) is 0 Å². The van der Waals surface area contributed by atoms with Crippen molar-refractivity contribution in [2.24, 2.45) is 0 Å². The summed E-state index contributed by atoms with van der Waals surface area (Å²) in [6.07, 6.45) is -0.793. The molecule has 4 aromatic rings. The summed E-state index contributed by atoms with van der Waals surface area (Å²) in [6.45, 7) is 9.02. The van der Waals surface area contributed by atoms with Crippen LogP contribution >= 0.6 is 0 Å². The highest BCUT2D eigenvalue weighted by molar-refractivity contribution is 5.87. The maximum atomic E-state index is 16.2. The second-order valence-electron chi connectivity index (χ2n) is 14.8. The summed E-state index contributed by atoms with van der Waals surface area (Å²) in [5.41, 5.74) is 1.56. The zero-order valence-corrected chi connectivity index (χ0v) is 32.2. The molecular weight excluding hydrogens is 724 g/mol. The summed E-state index contributed by atoms with van der Waals surface area (Å²) in [4.78, 5) is 43.8. The Kier molecular flexibility index (Phi) is 13.6. The number of hydrogen-bond donors (Lipinski definition) is 0. The van der Waals surface area contributed by atoms with Gasteiger partial charge in [-0.3, -0.25) is 9.69 Å². The fourth-order valence-electron chi connectivity index (χ4n) is 6.74. The molecule has 0 N–H and O–H groups in total. The highest BCUT2D eigenvalue weighted by atomic mass is 19.1. The molecule has 1 aliphatic heterocycles. The number of rotatable bonds is 10. The molecule has 3 unspecified atom stereocenters. The first-order valence-corrected chi connectivity index (χ1v) is 18.7. The van der Waals surface area contributed by atoms with Gasteiger partial charge in [-0.2, -0.15) is 0 Å². The number of amides is 2. The molecule has 0 radical (unpaired) electrons. The molecule has 11 heteroatoms. The molecule has 0 aromatic heterocycles. The number of carbonyl (C=O) groups is 3. The van der Waals surface area contributed by atoms with Crippen LogP contribution in [0.1, 0.15) is 92.7 Å². The summed E-state index contributed by atoms with van der Waals surface area (Å²) in [6, 6.07) is 19.6. The lowest BCUT2D eigenvalue weighted by Gasteiger charge is -2.38. The van der Waals surface area contributed by atoms with E-state index in [1.54, 1.807) is 33.8 Å². The third-order valence-corrected chi connectivity index (χ3v) is 9.56. The van der Waals surface area contributed by atoms with Crippen molar-refractivity contribution >= 4 is 18.0 Å². The van der Waals surface area contributed by atoms with Gasteiger partial charge in [0.25, 0.3) is 0 Å². The van der Waals surface area contributed by atoms with E-state index in [0.29, 0.717) is 23.1 Å². The maximum Gasteiger partial charge on any atom is 0.411 e. The number of nitrogens with zero attached hydrogens (tertiary/aromatic N) is 2. The SMILES string of the molecule is CCc1cc(F)c(C#CC2CN(C(=O)OC(C)(C)C)CCN2C(=O)OCc2ccccc2)c(C(CC)C(=O)CC(c2ccc(F)cc2)c2cc(F)cc(F)c2)c1. The zero-order chi connectivity index (χ0) is 40.6. The van der Waals surface area contributed by atoms with E-state index in [1.165, 1.54) is 40.1 Å². The summed E-state index contributed by atoms with van der Waals surface area (Å²) < 4.78 is 70.2. The van der Waals surface area contributed by atoms with Gasteiger partial charge in [0, 0.05) is 37.4 Å². The van der Waals surface area contributed by atoms with Gasteiger partial charge in [-0.05, 0) is 91.8 Å². The first-order valence-electron chi connectivity index (χ1n) is 18.7. The van der Waals surface area contributed by atoms with E-state index in [2.05, 4.69) is 11.8 Å². The van der Waals surface area contributed by atoms with Gasteiger partial charge in [-0.1, -0.05) is 74.2 Å². The summed E-state index contributed by atoms with van der Waals surface area (Å²) in [5.74, 6) is 1.04. The lowest BCUT2D eigenvalue weighted by molar-refractivity contribution is -0.120. The van der Waals surface area contributed by atoms with E-state index in [0.717, 1.165) is 23.8 Å². The molecule has 0 spiro atoms. The number of benzene rings is 4. The van der Waals surface area contributed by atoms with Crippen molar-refractivity contribution in [3.05, 3.63) is 142 Å². The van der Waals surface area contributed by atoms with E-state index in [-0.39, 0.29) is 56.0 Å². The first-order chi connectivity index (χ1) is 26.6. The Morgan fingerprint density at radius 2 is 1.48 bits per heavy atom. The fraction of sp³-hybridized carbons (Fsp3) is 0.356. The number of halogens is 4. The van der Waals surface area contributed by atoms with Crippen LogP contribution in [0.25, 0.3) is 0 Å². The molecule has 5 rings (SSSR count). The molecule has 0 aliphatic carbocycles. The quantitative estimate of drug-likeness (QED) is 0.119. The molecule has 3 atom stereocenters. The molecule has 0 bridgehead atoms. The van der Waals surface area contributed by atoms with Gasteiger partial charge in [0.2, 0.25) is 0 Å². The number of ether oxygens (including phenoxy) is 2. The van der Waals surface area contributed by atoms with E-state index in [1.807, 2.05) is 37.3 Å². The van der Waals surface area contributed by atoms with Crippen molar-refractivity contribution in [1.29, 1.82) is 0 Å². The third-order valence-electron chi connectivity index (χ3n) is 9.56. The van der Waals surface area contributed by atoms with Gasteiger partial charge in [0.1, 0.15) is 47.3 Å². The van der Waals surface area contributed by atoms with Crippen LogP contribution in [0.4, 0.5) is 27.2 Å². The average Bonchev–Trinajstić information content (AvgIpc) is 3.15. The summed E-state index contributed by atoms with van der Waals surface area (Å²) >= 11 is 0. The van der Waals surface area contributed by atoms with Gasteiger partial charge < -0.3 is 14.4 Å². The Balaban J connectivity index is 1.51. The second kappa shape index (κ2) is 18.3. The van der Waals surface area contributed by atoms with Crippen LogP contribution in [0.15, 0.2) is 84.9 Å². The van der Waals surface area contributed by atoms with E-state index in [4.69, 9.17) is 9.47 Å². The topological polar surface area (TPSA) is 76.2 Å². The third kappa shape index (κ3) is 10.8. The molecular formula is C45H46F4N2O5. The van der Waals surface area contributed by atoms with Crippen LogP contribution in [0, 0.1) is 35.1 Å². The van der Waals surface area contributed by atoms with Gasteiger partial charge >= 0.3 is 12.2 Å². The highest BCUT2D eigenvalue weighted by Gasteiger charge is 2.35. The molecule has 2 amide bonds. The standard InChI is InChI=1S/C45H46F4N2O5/c1-6-29-21-40(37(7-2)42(52)26-39(31-13-15-33(46)16-14-31)32-23-34(47)25-35(48)24-32)38(41(49)22-29)18-17-36-27-50(43(53)56-45(3,4)5)19-20-51(36)44(54)55-28-30-11-9-8-10-12-30/h8-16,21-25,36-37,39H,6-7,19-20,26-28H2,1-5H3. The molecule has 1 aliphatic rings. The van der Waals surface area contributed by atoms with Crippen LogP contribution < -0.4 is 0 Å². The lowest BCUT2D eigenvalue weighted by atomic mass is 9.80. The van der Waals surface area contributed by atoms with Gasteiger partial charge in [0.05, 0.1) is 12.1 Å². The number of ketones is 1. The van der Waals surface area contributed by atoms with Crippen LogP contribution in [-0.4, -0.2) is 59.0 Å². The van der Waals surface area contributed by atoms with Crippen molar-refractivity contribution in [1.82, 2.24) is 9.80 Å². The van der Waals surface area contributed by atoms with Crippen molar-refractivity contribution in [2.75, 3.05) is 19.6 Å². The molecule has 1 heterocycles. The number of aryl methyl sites for hydroxylation is 1. The maximum absolute atomic E-state index is 16.2. The molecule has 7 nitrogen and oxygen atoms in total. The Bertz CT molecular complexity index is 2070. The Morgan fingerprint density at radius 1 is 0.804 bits per heavy atom. The van der Waals surface area contributed by atoms with Gasteiger partial charge in [-0.25, -0.2) is 27.2 Å². The zero-order valence-electron chi connectivity index (χ0n) is 32.2. The number of piperazine rings is 1. The minimum absolute atomic E-state index is 0.00479. The van der Waals surface area contributed by atoms with E-state index >= 15 is 4.39 Å². The Morgan fingerprint density at radius 3 is 2.11 bits per heavy atom. The highest BCUT2D eigenvalue weighted by Crippen LogP contribution is 2.35. The second-order valence-corrected chi connectivity index (χ2v) is 14.8. The minimum atomic E-state index is -0.931. The largest absolute Gasteiger partial charge is 0.445 e. The predicted octanol–water partition coefficient (Wildman–Crippen LogP) is 9.70. The molecule has 0 saturated carbocycles. The summed E-state index contributed by atoms with van der Waals surface area (Å²) in [5, 5.41) is 0. The Labute approximate surface area is 325 Å². The van der Waals surface area contributed by atoms with Crippen LogP contribution in [0.5, 0.6) is 0 Å². The number of hydrogen-bond acceptors (Lipinski definition) is 5. The molecule has 1 fully saturated rings. The lowest BCUT2D eigenvalue weighted by Crippen LogP contribution is -2.56. The molecule has 4 aromatic carbocycles. The Hall–Kier alpha value is -5.63. The molecule has 56 heavy (non-hydrogen) atoms. The molecule has 1 saturated heterocycles. The predicted molar refractivity (Wildman–Crippen MR) is 205 cm³/mol. The number of Topliss-reactive ketones (excluding diaryl/α,β-unsaturated/α-hetero) is 1. The van der Waals surface area contributed by atoms with Crippen LogP contribution in [0.2, 0.25) is 0 Å². The van der Waals surface area contributed by atoms with Crippen molar-refractivity contribution in [2.45, 2.75) is 84.0 Å². The normalized spacial score (nSPS) is 15.3. The minimum Gasteiger partial charge on any atom is -0.445 e. The van der Waals surface area contributed by atoms with Gasteiger partial charge in [-0.15, -0.1) is 0 Å². The monoisotopic (exact) mass is 770 g/mol. The van der Waals surface area contributed by atoms with Crippen LogP contribution in [-0.2, 0) is 27.3 Å². The fourth-order valence-corrected chi connectivity index (χ4v) is 6.74. The summed E-state index contributed by atoms with van der Waals surface area (Å²) in [7, 11) is 0. The van der Waals surface area contributed by atoms with Crippen molar-refractivity contribution in [3.63, 3.8) is 0 Å². The van der Waals surface area contributed by atoms with E-state index < -0.39 is 58.9 Å². The van der Waals surface area contributed by atoms with Crippen LogP contribution in [0.3, 0.4) is 0 Å². The number of carbonyl (C=O) groups excluding carboxylic acids is 3. The van der Waals surface area contributed by atoms with Crippen molar-refractivity contribution < 1.29 is 41.4 Å². The van der Waals surface area contributed by atoms with Crippen molar-refractivity contribution in [3.8, 4) is 11.8 Å². The first kappa shape index (κ1) is 41.5. The van der Waals surface area contributed by atoms with E-state index in [9.17, 15) is 27.6 Å². The smallest absolute Gasteiger partial charge is 0.411 e. The molecule has 294 valence electrons. The average molecular weight is 771 g/mol.